The van der Waals surface area contributed by atoms with Crippen molar-refractivity contribution in [3.8, 4) is 0 Å². The lowest BCUT2D eigenvalue weighted by atomic mass is 9.97. The van der Waals surface area contributed by atoms with Crippen LogP contribution in [0.25, 0.3) is 0 Å². The van der Waals surface area contributed by atoms with E-state index in [1.54, 1.807) is 0 Å². The summed E-state index contributed by atoms with van der Waals surface area (Å²) in [5.74, 6) is -0.690. The molecule has 1 saturated heterocycles. The van der Waals surface area contributed by atoms with Crippen LogP contribution in [0.4, 0.5) is 0 Å². The van der Waals surface area contributed by atoms with Gasteiger partial charge in [0.2, 0.25) is 0 Å². The Kier molecular flexibility index (Phi) is 4.27. The zero-order chi connectivity index (χ0) is 14.7. The van der Waals surface area contributed by atoms with Crippen LogP contribution in [0.1, 0.15) is 37.7 Å². The summed E-state index contributed by atoms with van der Waals surface area (Å²) in [6.07, 6.45) is 5.38. The molecule has 4 heteroatoms. The van der Waals surface area contributed by atoms with Crippen molar-refractivity contribution in [1.82, 2.24) is 10.2 Å². The van der Waals surface area contributed by atoms with Gasteiger partial charge in [-0.05, 0) is 24.8 Å². The molecule has 3 rings (SSSR count). The van der Waals surface area contributed by atoms with Gasteiger partial charge < -0.3 is 5.11 Å². The summed E-state index contributed by atoms with van der Waals surface area (Å²) in [4.78, 5) is 14.1. The molecule has 0 amide bonds. The van der Waals surface area contributed by atoms with E-state index in [0.717, 1.165) is 25.9 Å². The van der Waals surface area contributed by atoms with E-state index >= 15 is 0 Å². The van der Waals surface area contributed by atoms with E-state index in [4.69, 9.17) is 0 Å². The second-order valence-electron chi connectivity index (χ2n) is 6.46. The van der Waals surface area contributed by atoms with Gasteiger partial charge in [0.15, 0.2) is 0 Å². The van der Waals surface area contributed by atoms with Crippen LogP contribution in [0.3, 0.4) is 0 Å². The van der Waals surface area contributed by atoms with Gasteiger partial charge in [-0.1, -0.05) is 43.2 Å². The van der Waals surface area contributed by atoms with Gasteiger partial charge in [0, 0.05) is 25.7 Å². The summed E-state index contributed by atoms with van der Waals surface area (Å²) in [6, 6.07) is 10.7. The Balaban J connectivity index is 1.65. The first kappa shape index (κ1) is 14.5. The molecule has 4 nitrogen and oxygen atoms in total. The SMILES string of the molecule is O=C(O)C1(NC2CCCC2)CCN(Cc2ccccc2)C1. The van der Waals surface area contributed by atoms with E-state index in [-0.39, 0.29) is 0 Å². The average molecular weight is 288 g/mol. The highest BCUT2D eigenvalue weighted by atomic mass is 16.4. The molecule has 1 saturated carbocycles. The smallest absolute Gasteiger partial charge is 0.325 e. The van der Waals surface area contributed by atoms with E-state index in [1.807, 2.05) is 18.2 Å². The Bertz CT molecular complexity index is 485. The molecule has 1 aromatic rings. The van der Waals surface area contributed by atoms with Crippen LogP contribution in [0.5, 0.6) is 0 Å². The fourth-order valence-corrected chi connectivity index (χ4v) is 3.68. The molecule has 0 bridgehead atoms. The van der Waals surface area contributed by atoms with E-state index in [1.165, 1.54) is 18.4 Å². The van der Waals surface area contributed by atoms with Crippen molar-refractivity contribution < 1.29 is 9.90 Å². The number of likely N-dealkylation sites (tertiary alicyclic amines) is 1. The Morgan fingerprint density at radius 3 is 2.67 bits per heavy atom. The maximum atomic E-state index is 11.8. The molecule has 0 spiro atoms. The third-order valence-electron chi connectivity index (χ3n) is 4.84. The molecular formula is C17H24N2O2. The molecule has 114 valence electrons. The van der Waals surface area contributed by atoms with E-state index in [2.05, 4.69) is 22.3 Å². The summed E-state index contributed by atoms with van der Waals surface area (Å²) in [5.41, 5.74) is 0.503. The summed E-state index contributed by atoms with van der Waals surface area (Å²) in [6.45, 7) is 2.29. The van der Waals surface area contributed by atoms with Gasteiger partial charge in [-0.3, -0.25) is 15.0 Å². The zero-order valence-corrected chi connectivity index (χ0v) is 12.4. The third kappa shape index (κ3) is 3.27. The standard InChI is InChI=1S/C17H24N2O2/c20-16(21)17(18-15-8-4-5-9-15)10-11-19(13-17)12-14-6-2-1-3-7-14/h1-3,6-7,15,18H,4-5,8-13H2,(H,20,21). The van der Waals surface area contributed by atoms with Crippen molar-refractivity contribution in [3.63, 3.8) is 0 Å². The van der Waals surface area contributed by atoms with Crippen LogP contribution < -0.4 is 5.32 Å². The van der Waals surface area contributed by atoms with Crippen molar-refractivity contribution in [2.75, 3.05) is 13.1 Å². The summed E-state index contributed by atoms with van der Waals surface area (Å²) < 4.78 is 0. The van der Waals surface area contributed by atoms with Crippen LogP contribution in [0.15, 0.2) is 30.3 Å². The molecular weight excluding hydrogens is 264 g/mol. The van der Waals surface area contributed by atoms with E-state index < -0.39 is 11.5 Å². The highest BCUT2D eigenvalue weighted by molar-refractivity contribution is 5.79. The highest BCUT2D eigenvalue weighted by Crippen LogP contribution is 2.28. The van der Waals surface area contributed by atoms with Crippen molar-refractivity contribution in [2.24, 2.45) is 0 Å². The fraction of sp³-hybridized carbons (Fsp3) is 0.588. The maximum Gasteiger partial charge on any atom is 0.325 e. The van der Waals surface area contributed by atoms with Gasteiger partial charge in [-0.15, -0.1) is 0 Å². The number of nitrogens with zero attached hydrogens (tertiary/aromatic N) is 1. The first-order valence-corrected chi connectivity index (χ1v) is 7.95. The molecule has 2 fully saturated rings. The minimum absolute atomic E-state index is 0.387. The minimum atomic E-state index is -0.746. The predicted molar refractivity (Wildman–Crippen MR) is 82.1 cm³/mol. The van der Waals surface area contributed by atoms with Gasteiger partial charge in [-0.2, -0.15) is 0 Å². The predicted octanol–water partition coefficient (Wildman–Crippen LogP) is 2.25. The Labute approximate surface area is 126 Å². The van der Waals surface area contributed by atoms with E-state index in [0.29, 0.717) is 19.0 Å². The van der Waals surface area contributed by atoms with Crippen molar-refractivity contribution in [2.45, 2.75) is 50.2 Å². The zero-order valence-electron chi connectivity index (χ0n) is 12.4. The van der Waals surface area contributed by atoms with Crippen LogP contribution in [0, 0.1) is 0 Å². The number of benzene rings is 1. The Morgan fingerprint density at radius 1 is 1.29 bits per heavy atom. The molecule has 2 N–H and O–H groups in total. The number of rotatable bonds is 5. The number of hydrogen-bond donors (Lipinski definition) is 2. The van der Waals surface area contributed by atoms with Crippen LogP contribution in [0.2, 0.25) is 0 Å². The van der Waals surface area contributed by atoms with Crippen molar-refractivity contribution >= 4 is 5.97 Å². The second kappa shape index (κ2) is 6.16. The van der Waals surface area contributed by atoms with Gasteiger partial charge in [0.1, 0.15) is 5.54 Å². The topological polar surface area (TPSA) is 52.6 Å². The maximum absolute atomic E-state index is 11.8. The number of nitrogens with one attached hydrogen (secondary N) is 1. The summed E-state index contributed by atoms with van der Waals surface area (Å²) in [7, 11) is 0. The average Bonchev–Trinajstić information content (AvgIpc) is 3.11. The molecule has 0 radical (unpaired) electrons. The molecule has 21 heavy (non-hydrogen) atoms. The lowest BCUT2D eigenvalue weighted by Crippen LogP contribution is -2.57. The molecule has 1 unspecified atom stereocenters. The fourth-order valence-electron chi connectivity index (χ4n) is 3.68. The van der Waals surface area contributed by atoms with E-state index in [9.17, 15) is 9.90 Å². The van der Waals surface area contributed by atoms with Gasteiger partial charge in [0.05, 0.1) is 0 Å². The van der Waals surface area contributed by atoms with Crippen LogP contribution in [-0.4, -0.2) is 40.6 Å². The lowest BCUT2D eigenvalue weighted by molar-refractivity contribution is -0.144. The van der Waals surface area contributed by atoms with Crippen molar-refractivity contribution in [1.29, 1.82) is 0 Å². The molecule has 1 heterocycles. The first-order chi connectivity index (χ1) is 10.2. The summed E-state index contributed by atoms with van der Waals surface area (Å²) >= 11 is 0. The quantitative estimate of drug-likeness (QED) is 0.872. The first-order valence-electron chi connectivity index (χ1n) is 7.95. The number of carboxylic acids is 1. The molecule has 1 aliphatic carbocycles. The lowest BCUT2D eigenvalue weighted by Gasteiger charge is -2.30. The van der Waals surface area contributed by atoms with Crippen molar-refractivity contribution in [3.05, 3.63) is 35.9 Å². The normalized spacial score (nSPS) is 27.2. The molecule has 0 aromatic heterocycles. The van der Waals surface area contributed by atoms with Gasteiger partial charge in [0.25, 0.3) is 0 Å². The molecule has 2 aliphatic rings. The highest BCUT2D eigenvalue weighted by Gasteiger charge is 2.46. The number of carbonyl (C=O) groups is 1. The Hall–Kier alpha value is -1.39. The molecule has 1 atom stereocenters. The monoisotopic (exact) mass is 288 g/mol. The number of hydrogen-bond acceptors (Lipinski definition) is 3. The largest absolute Gasteiger partial charge is 0.480 e. The summed E-state index contributed by atoms with van der Waals surface area (Å²) in [5, 5.41) is 13.2. The number of aliphatic carboxylic acids is 1. The van der Waals surface area contributed by atoms with Crippen LogP contribution >= 0.6 is 0 Å². The Morgan fingerprint density at radius 2 is 2.00 bits per heavy atom. The van der Waals surface area contributed by atoms with Crippen LogP contribution in [-0.2, 0) is 11.3 Å². The van der Waals surface area contributed by atoms with Gasteiger partial charge >= 0.3 is 5.97 Å². The third-order valence-corrected chi connectivity index (χ3v) is 4.84. The second-order valence-corrected chi connectivity index (χ2v) is 6.46. The number of carboxylic acid groups (broad SMARTS) is 1. The molecule has 1 aromatic carbocycles. The van der Waals surface area contributed by atoms with Gasteiger partial charge in [-0.25, -0.2) is 0 Å². The minimum Gasteiger partial charge on any atom is -0.480 e. The molecule has 1 aliphatic heterocycles.